The van der Waals surface area contributed by atoms with Gasteiger partial charge in [-0.2, -0.15) is 4.52 Å². The molecule has 1 aromatic carbocycles. The number of carbonyl (C=O) groups excluding carboxylic acids is 1. The number of fused-ring (bicyclic) bond motifs is 2. The van der Waals surface area contributed by atoms with Crippen LogP contribution in [-0.4, -0.2) is 76.1 Å². The summed E-state index contributed by atoms with van der Waals surface area (Å²) in [5.41, 5.74) is 3.78. The molecule has 7 rings (SSSR count). The smallest absolute Gasteiger partial charge is 0.228 e. The SMILES string of the molecule is COc1ccc(CN(C)c2ncc(-c3nc4ccc(N5CCOCC5)c(Cl)n4n3)c3cc(NC(=O)[C@H]4C[C@H]4C)nnc23)cc1. The van der Waals surface area contributed by atoms with E-state index in [1.54, 1.807) is 17.8 Å². The summed E-state index contributed by atoms with van der Waals surface area (Å²) in [6.07, 6.45) is 2.62. The number of pyridine rings is 2. The molecule has 5 heterocycles. The Labute approximate surface area is 259 Å². The quantitative estimate of drug-likeness (QED) is 0.251. The van der Waals surface area contributed by atoms with Crippen LogP contribution in [0.1, 0.15) is 18.9 Å². The summed E-state index contributed by atoms with van der Waals surface area (Å²) in [4.78, 5) is 26.5. The van der Waals surface area contributed by atoms with Crippen molar-refractivity contribution in [3.63, 3.8) is 0 Å². The van der Waals surface area contributed by atoms with Crippen LogP contribution in [0.4, 0.5) is 17.3 Å². The zero-order chi connectivity index (χ0) is 30.4. The third kappa shape index (κ3) is 5.35. The van der Waals surface area contributed by atoms with Gasteiger partial charge in [0.1, 0.15) is 11.3 Å². The molecule has 12 nitrogen and oxygen atoms in total. The van der Waals surface area contributed by atoms with Crippen molar-refractivity contribution in [2.24, 2.45) is 11.8 Å². The Bertz CT molecular complexity index is 1860. The third-order valence-corrected chi connectivity index (χ3v) is 8.62. The van der Waals surface area contributed by atoms with E-state index in [9.17, 15) is 4.79 Å². The second kappa shape index (κ2) is 11.5. The van der Waals surface area contributed by atoms with Crippen LogP contribution in [0.3, 0.4) is 0 Å². The number of ether oxygens (including phenoxy) is 2. The average Bonchev–Trinajstić information content (AvgIpc) is 3.62. The van der Waals surface area contributed by atoms with Crippen LogP contribution in [0.2, 0.25) is 5.15 Å². The van der Waals surface area contributed by atoms with Gasteiger partial charge in [-0.3, -0.25) is 4.79 Å². The van der Waals surface area contributed by atoms with Gasteiger partial charge in [-0.15, -0.1) is 15.3 Å². The molecule has 1 aliphatic carbocycles. The van der Waals surface area contributed by atoms with Crippen LogP contribution >= 0.6 is 11.6 Å². The summed E-state index contributed by atoms with van der Waals surface area (Å²) in [5.74, 6) is 2.56. The van der Waals surface area contributed by atoms with Gasteiger partial charge in [0.05, 0.1) is 26.0 Å². The standard InChI is InChI=1S/C31H32ClN9O3/c1-18-14-21(18)31(42)34-25-15-22-23(29-35-26-9-8-24(28(32)41(26)38-29)40-10-12-44-13-11-40)16-33-30(27(22)37-36-25)39(2)17-19-4-6-20(43-3)7-5-19/h4-9,15-16,18,21H,10-14,17H2,1-3H3,(H,34,36,42)/t18-,21+/m1/s1. The lowest BCUT2D eigenvalue weighted by Crippen LogP contribution is -2.36. The van der Waals surface area contributed by atoms with Gasteiger partial charge in [-0.25, -0.2) is 9.97 Å². The molecule has 13 heteroatoms. The molecule has 44 heavy (non-hydrogen) atoms. The van der Waals surface area contributed by atoms with Gasteiger partial charge in [-0.1, -0.05) is 30.7 Å². The predicted octanol–water partition coefficient (Wildman–Crippen LogP) is 4.46. The Hall–Kier alpha value is -4.55. The third-order valence-electron chi connectivity index (χ3n) is 8.26. The van der Waals surface area contributed by atoms with Crippen LogP contribution in [0.25, 0.3) is 27.9 Å². The Morgan fingerprint density at radius 2 is 1.93 bits per heavy atom. The first-order chi connectivity index (χ1) is 21.4. The molecular formula is C31H32ClN9O3. The molecule has 0 spiro atoms. The van der Waals surface area contributed by atoms with E-state index in [1.165, 1.54) is 0 Å². The van der Waals surface area contributed by atoms with Gasteiger partial charge in [-0.05, 0) is 48.2 Å². The minimum atomic E-state index is -0.0492. The zero-order valence-corrected chi connectivity index (χ0v) is 25.5. The largest absolute Gasteiger partial charge is 0.497 e. The molecule has 1 amide bonds. The molecule has 1 saturated carbocycles. The number of morpholine rings is 1. The number of benzene rings is 1. The maximum atomic E-state index is 12.8. The molecule has 0 bridgehead atoms. The lowest BCUT2D eigenvalue weighted by atomic mass is 10.1. The topological polar surface area (TPSA) is 123 Å². The minimum Gasteiger partial charge on any atom is -0.497 e. The highest BCUT2D eigenvalue weighted by molar-refractivity contribution is 6.32. The second-order valence-corrected chi connectivity index (χ2v) is 11.7. The highest BCUT2D eigenvalue weighted by Crippen LogP contribution is 2.39. The molecular weight excluding hydrogens is 582 g/mol. The van der Waals surface area contributed by atoms with Gasteiger partial charge in [0.25, 0.3) is 0 Å². The number of methoxy groups -OCH3 is 1. The highest BCUT2D eigenvalue weighted by Gasteiger charge is 2.39. The van der Waals surface area contributed by atoms with E-state index in [-0.39, 0.29) is 11.8 Å². The number of carbonyl (C=O) groups is 1. The molecule has 1 aliphatic heterocycles. The van der Waals surface area contributed by atoms with Crippen molar-refractivity contribution in [2.75, 3.05) is 55.6 Å². The first kappa shape index (κ1) is 28.2. The summed E-state index contributed by atoms with van der Waals surface area (Å²) in [7, 11) is 3.60. The maximum absolute atomic E-state index is 12.8. The summed E-state index contributed by atoms with van der Waals surface area (Å²) in [6.45, 7) is 5.44. The molecule has 226 valence electrons. The van der Waals surface area contributed by atoms with E-state index >= 15 is 0 Å². The summed E-state index contributed by atoms with van der Waals surface area (Å²) in [5, 5.41) is 17.9. The number of hydrogen-bond donors (Lipinski definition) is 1. The fourth-order valence-electron chi connectivity index (χ4n) is 5.58. The fraction of sp³-hybridized carbons (Fsp3) is 0.355. The number of anilines is 3. The van der Waals surface area contributed by atoms with Crippen LogP contribution in [-0.2, 0) is 16.1 Å². The van der Waals surface area contributed by atoms with E-state index in [4.69, 9.17) is 36.1 Å². The summed E-state index contributed by atoms with van der Waals surface area (Å²) in [6, 6.07) is 13.6. The molecule has 1 saturated heterocycles. The maximum Gasteiger partial charge on any atom is 0.228 e. The Morgan fingerprint density at radius 1 is 1.16 bits per heavy atom. The number of amides is 1. The molecule has 2 atom stereocenters. The van der Waals surface area contributed by atoms with Crippen molar-refractivity contribution in [3.8, 4) is 17.1 Å². The average molecular weight is 614 g/mol. The van der Waals surface area contributed by atoms with Crippen LogP contribution < -0.4 is 19.9 Å². The molecule has 2 aliphatic rings. The van der Waals surface area contributed by atoms with E-state index in [0.717, 1.165) is 36.5 Å². The van der Waals surface area contributed by atoms with Gasteiger partial charge >= 0.3 is 0 Å². The summed E-state index contributed by atoms with van der Waals surface area (Å²) < 4.78 is 12.4. The Balaban J connectivity index is 1.29. The lowest BCUT2D eigenvalue weighted by molar-refractivity contribution is -0.117. The fourth-order valence-corrected chi connectivity index (χ4v) is 5.89. The van der Waals surface area contributed by atoms with Crippen LogP contribution in [0.15, 0.2) is 48.7 Å². The molecule has 0 unspecified atom stereocenters. The molecule has 1 N–H and O–H groups in total. The molecule has 5 aromatic rings. The van der Waals surface area contributed by atoms with Gasteiger partial charge < -0.3 is 24.6 Å². The van der Waals surface area contributed by atoms with E-state index in [2.05, 4.69) is 27.3 Å². The van der Waals surface area contributed by atoms with Crippen molar-refractivity contribution in [3.05, 3.63) is 59.4 Å². The first-order valence-electron chi connectivity index (χ1n) is 14.6. The van der Waals surface area contributed by atoms with E-state index < -0.39 is 0 Å². The van der Waals surface area contributed by atoms with Crippen molar-refractivity contribution in [1.29, 1.82) is 0 Å². The highest BCUT2D eigenvalue weighted by atomic mass is 35.5. The molecule has 0 radical (unpaired) electrons. The Kier molecular flexibility index (Phi) is 7.39. The van der Waals surface area contributed by atoms with Gasteiger partial charge in [0.2, 0.25) is 5.91 Å². The van der Waals surface area contributed by atoms with Crippen molar-refractivity contribution in [2.45, 2.75) is 19.9 Å². The number of rotatable bonds is 8. The number of hydrogen-bond acceptors (Lipinski definition) is 10. The van der Waals surface area contributed by atoms with Gasteiger partial charge in [0.15, 0.2) is 28.3 Å². The normalized spacial score (nSPS) is 18.0. The van der Waals surface area contributed by atoms with Crippen LogP contribution in [0.5, 0.6) is 5.75 Å². The van der Waals surface area contributed by atoms with Crippen LogP contribution in [0, 0.1) is 11.8 Å². The second-order valence-electron chi connectivity index (χ2n) is 11.3. The predicted molar refractivity (Wildman–Crippen MR) is 168 cm³/mol. The zero-order valence-electron chi connectivity index (χ0n) is 24.7. The lowest BCUT2D eigenvalue weighted by Gasteiger charge is -2.29. The Morgan fingerprint density at radius 3 is 2.66 bits per heavy atom. The monoisotopic (exact) mass is 613 g/mol. The van der Waals surface area contributed by atoms with Crippen molar-refractivity contribution < 1.29 is 14.3 Å². The van der Waals surface area contributed by atoms with E-state index in [0.29, 0.717) is 70.4 Å². The first-order valence-corrected chi connectivity index (χ1v) is 15.0. The van der Waals surface area contributed by atoms with E-state index in [1.807, 2.05) is 54.4 Å². The number of nitrogens with one attached hydrogen (secondary N) is 1. The van der Waals surface area contributed by atoms with Crippen molar-refractivity contribution >= 4 is 51.4 Å². The number of nitrogens with zero attached hydrogens (tertiary/aromatic N) is 8. The molecule has 4 aromatic heterocycles. The number of halogens is 1. The molecule has 2 fully saturated rings. The summed E-state index contributed by atoms with van der Waals surface area (Å²) >= 11 is 6.86. The van der Waals surface area contributed by atoms with Crippen molar-refractivity contribution in [1.82, 2.24) is 29.8 Å². The number of aromatic nitrogens is 6. The minimum absolute atomic E-state index is 0.00138. The van der Waals surface area contributed by atoms with Gasteiger partial charge in [0, 0.05) is 49.7 Å².